The van der Waals surface area contributed by atoms with Gasteiger partial charge in [-0.05, 0) is 51.4 Å². The van der Waals surface area contributed by atoms with Crippen molar-refractivity contribution in [3.63, 3.8) is 0 Å². The number of halogens is 7. The van der Waals surface area contributed by atoms with Gasteiger partial charge in [0.25, 0.3) is 0 Å². The summed E-state index contributed by atoms with van der Waals surface area (Å²) in [6, 6.07) is 0. The number of rotatable bonds is 26. The lowest BCUT2D eigenvalue weighted by molar-refractivity contribution is -0.929. The molecule has 0 unspecified atom stereocenters. The Morgan fingerprint density at radius 3 is 0.620 bits per heavy atom. The zero-order chi connectivity index (χ0) is 38.7. The summed E-state index contributed by atoms with van der Waals surface area (Å²) in [5.41, 5.74) is -12.4. The van der Waals surface area contributed by atoms with Crippen LogP contribution in [0, 0.1) is 0 Å². The van der Waals surface area contributed by atoms with Gasteiger partial charge >= 0.3 is 11.0 Å². The molecule has 0 aliphatic heterocycles. The van der Waals surface area contributed by atoms with E-state index in [1.807, 2.05) is 0 Å². The SMILES string of the molecule is CCCC[N+](CCCC)(CCCC)CCCC.CCCC[N+](CCCC)(CCCC)CCCC.O=S(=O)([N-]S(=O)(=O)C(F)(F)F)C(F)(F)F.[Cl-]. The van der Waals surface area contributed by atoms with Crippen molar-refractivity contribution >= 4 is 20.0 Å². The largest absolute Gasteiger partial charge is 1.00 e. The minimum absolute atomic E-state index is 0. The highest BCUT2D eigenvalue weighted by molar-refractivity contribution is 8.13. The van der Waals surface area contributed by atoms with Crippen LogP contribution < -0.4 is 12.4 Å². The topological polar surface area (TPSA) is 82.4 Å². The predicted octanol–water partition coefficient (Wildman–Crippen LogP) is 8.07. The second-order valence-electron chi connectivity index (χ2n) is 13.2. The molecular formula is C34H72ClF6N3O4S2. The Bertz CT molecular complexity index is 847. The van der Waals surface area contributed by atoms with Crippen molar-refractivity contribution in [1.82, 2.24) is 0 Å². The Labute approximate surface area is 309 Å². The van der Waals surface area contributed by atoms with Crippen LogP contribution in [0.2, 0.25) is 0 Å². The minimum Gasteiger partial charge on any atom is -1.00 e. The van der Waals surface area contributed by atoms with Crippen LogP contribution in [0.15, 0.2) is 0 Å². The van der Waals surface area contributed by atoms with Crippen LogP contribution in [0.4, 0.5) is 26.3 Å². The second kappa shape index (κ2) is 30.0. The van der Waals surface area contributed by atoms with Gasteiger partial charge in [-0.25, -0.2) is 16.8 Å². The zero-order valence-corrected chi connectivity index (χ0v) is 34.8. The molecule has 16 heteroatoms. The first-order valence-electron chi connectivity index (χ1n) is 18.8. The van der Waals surface area contributed by atoms with Crippen molar-refractivity contribution in [1.29, 1.82) is 0 Å². The van der Waals surface area contributed by atoms with E-state index < -0.39 is 31.1 Å². The summed E-state index contributed by atoms with van der Waals surface area (Å²) in [4.78, 5) is 0. The molecule has 0 N–H and O–H groups in total. The summed E-state index contributed by atoms with van der Waals surface area (Å²) in [5, 5.41) is 0. The van der Waals surface area contributed by atoms with E-state index in [9.17, 15) is 43.2 Å². The molecule has 0 heterocycles. The van der Waals surface area contributed by atoms with Crippen molar-refractivity contribution in [2.24, 2.45) is 0 Å². The van der Waals surface area contributed by atoms with Crippen molar-refractivity contribution in [2.45, 2.75) is 169 Å². The number of quaternary nitrogens is 2. The van der Waals surface area contributed by atoms with Crippen LogP contribution in [-0.2, 0) is 20.0 Å². The standard InChI is InChI=1S/2C16H36N.C2F6NO4S2.ClH/c2*1-5-9-13-17(14-10-6-2,15-11-7-3)16-12-8-4;3-1(4,5)14(10,11)9-15(12,13)2(6,7)8;/h2*5-16H2,1-4H3;;1H/q2*+1;-1;/p-1. The first kappa shape index (κ1) is 56.4. The van der Waals surface area contributed by atoms with Crippen molar-refractivity contribution < 1.29 is 64.6 Å². The summed E-state index contributed by atoms with van der Waals surface area (Å²) >= 11 is 0. The normalized spacial score (nSPS) is 12.8. The lowest BCUT2D eigenvalue weighted by Crippen LogP contribution is -3.00. The van der Waals surface area contributed by atoms with E-state index in [1.165, 1.54) is 164 Å². The molecule has 0 saturated heterocycles. The predicted molar refractivity (Wildman–Crippen MR) is 192 cm³/mol. The molecule has 0 aromatic rings. The molecule has 0 aliphatic carbocycles. The summed E-state index contributed by atoms with van der Waals surface area (Å²) in [7, 11) is -13.4. The molecule has 0 aromatic heterocycles. The van der Waals surface area contributed by atoms with E-state index in [-0.39, 0.29) is 12.4 Å². The average molecular weight is 801 g/mol. The molecule has 0 spiro atoms. The summed E-state index contributed by atoms with van der Waals surface area (Å²) in [6.45, 7) is 30.0. The summed E-state index contributed by atoms with van der Waals surface area (Å²) < 4.78 is 112. The van der Waals surface area contributed by atoms with Gasteiger partial charge in [0, 0.05) is 0 Å². The van der Waals surface area contributed by atoms with Gasteiger partial charge in [-0.2, -0.15) is 26.3 Å². The van der Waals surface area contributed by atoms with Crippen LogP contribution >= 0.6 is 0 Å². The van der Waals surface area contributed by atoms with Gasteiger partial charge in [-0.3, -0.25) is 0 Å². The van der Waals surface area contributed by atoms with Gasteiger partial charge in [-0.15, -0.1) is 0 Å². The van der Waals surface area contributed by atoms with Crippen LogP contribution in [0.5, 0.6) is 0 Å². The number of alkyl halides is 6. The Kier molecular flexibility index (Phi) is 33.9. The maximum Gasteiger partial charge on any atom is 0.480 e. The zero-order valence-electron chi connectivity index (χ0n) is 32.4. The van der Waals surface area contributed by atoms with E-state index in [0.717, 1.165) is 4.13 Å². The quantitative estimate of drug-likeness (QED) is 0.0655. The highest BCUT2D eigenvalue weighted by atomic mass is 35.5. The van der Waals surface area contributed by atoms with Crippen LogP contribution in [0.25, 0.3) is 4.13 Å². The van der Waals surface area contributed by atoms with Gasteiger partial charge in [0.15, 0.2) is 20.0 Å². The maximum atomic E-state index is 11.4. The van der Waals surface area contributed by atoms with Crippen LogP contribution in [0.3, 0.4) is 0 Å². The fourth-order valence-electron chi connectivity index (χ4n) is 5.50. The summed E-state index contributed by atoms with van der Waals surface area (Å²) in [6.07, 6.45) is 22.1. The van der Waals surface area contributed by atoms with Gasteiger partial charge in [0.05, 0.1) is 52.4 Å². The van der Waals surface area contributed by atoms with Crippen molar-refractivity contribution in [2.75, 3.05) is 52.4 Å². The fourth-order valence-corrected chi connectivity index (χ4v) is 7.21. The number of unbranched alkanes of at least 4 members (excludes halogenated alkanes) is 8. The molecule has 7 nitrogen and oxygen atoms in total. The molecule has 0 atom stereocenters. The molecule has 0 amide bonds. The Hall–Kier alpha value is -0.350. The first-order chi connectivity index (χ1) is 22.7. The number of hydrogen-bond donors (Lipinski definition) is 0. The van der Waals surface area contributed by atoms with Gasteiger partial charge in [0.2, 0.25) is 0 Å². The molecule has 0 aliphatic rings. The molecule has 50 heavy (non-hydrogen) atoms. The molecule has 0 rings (SSSR count). The summed E-state index contributed by atoms with van der Waals surface area (Å²) in [5.74, 6) is 0. The maximum absolute atomic E-state index is 11.4. The third kappa shape index (κ3) is 25.6. The smallest absolute Gasteiger partial charge is 0.480 e. The van der Waals surface area contributed by atoms with Gasteiger partial charge < -0.3 is 25.5 Å². The molecule has 0 radical (unpaired) electrons. The van der Waals surface area contributed by atoms with Crippen LogP contribution in [-0.4, -0.2) is 89.2 Å². The van der Waals surface area contributed by atoms with E-state index in [2.05, 4.69) is 55.4 Å². The van der Waals surface area contributed by atoms with E-state index in [1.54, 1.807) is 0 Å². The monoisotopic (exact) mass is 799 g/mol. The van der Waals surface area contributed by atoms with Gasteiger partial charge in [-0.1, -0.05) is 107 Å². The molecule has 0 aromatic carbocycles. The number of sulfonamides is 2. The van der Waals surface area contributed by atoms with Crippen molar-refractivity contribution in [3.05, 3.63) is 4.13 Å². The molecule has 308 valence electrons. The molecule has 0 saturated carbocycles. The molecule has 0 bridgehead atoms. The first-order valence-corrected chi connectivity index (χ1v) is 21.6. The second-order valence-corrected chi connectivity index (χ2v) is 16.6. The number of nitrogens with zero attached hydrogens (tertiary/aromatic N) is 3. The fraction of sp³-hybridized carbons (Fsp3) is 1.00. The van der Waals surface area contributed by atoms with E-state index in [4.69, 9.17) is 0 Å². The average Bonchev–Trinajstić information content (AvgIpc) is 3.02. The third-order valence-electron chi connectivity index (χ3n) is 8.67. The molecular weight excluding hydrogens is 728 g/mol. The van der Waals surface area contributed by atoms with Crippen LogP contribution in [0.1, 0.15) is 158 Å². The Morgan fingerprint density at radius 2 is 0.520 bits per heavy atom. The van der Waals surface area contributed by atoms with Crippen molar-refractivity contribution in [3.8, 4) is 0 Å². The highest BCUT2D eigenvalue weighted by Gasteiger charge is 2.47. The van der Waals surface area contributed by atoms with Gasteiger partial charge in [0.1, 0.15) is 0 Å². The molecule has 0 fully saturated rings. The third-order valence-corrected chi connectivity index (χ3v) is 11.4. The minimum atomic E-state index is -6.72. The Balaban J connectivity index is -0.000000315. The van der Waals surface area contributed by atoms with E-state index in [0.29, 0.717) is 0 Å². The lowest BCUT2D eigenvalue weighted by atomic mass is 10.1. The number of hydrogen-bond acceptors (Lipinski definition) is 4. The lowest BCUT2D eigenvalue weighted by Gasteiger charge is -2.39. The Morgan fingerprint density at radius 1 is 0.380 bits per heavy atom. The van der Waals surface area contributed by atoms with E-state index >= 15 is 0 Å². The highest BCUT2D eigenvalue weighted by Crippen LogP contribution is 2.36.